The van der Waals surface area contributed by atoms with E-state index in [9.17, 15) is 5.26 Å². The molecule has 4 rings (SSSR count). The lowest BCUT2D eigenvalue weighted by Gasteiger charge is -2.13. The number of nitrogens with zero attached hydrogens (tertiary/aromatic N) is 2. The van der Waals surface area contributed by atoms with Gasteiger partial charge in [-0.3, -0.25) is 0 Å². The van der Waals surface area contributed by atoms with Crippen LogP contribution in [0.3, 0.4) is 0 Å². The maximum Gasteiger partial charge on any atom is 0.118 e. The Bertz CT molecular complexity index is 1210. The topological polar surface area (TPSA) is 45.9 Å². The molecule has 0 bridgehead atoms. The van der Waals surface area contributed by atoms with Crippen LogP contribution in [-0.2, 0) is 5.75 Å². The molecule has 3 nitrogen and oxygen atoms in total. The number of aromatic nitrogens is 1. The summed E-state index contributed by atoms with van der Waals surface area (Å²) in [5, 5.41) is 10.8. The Morgan fingerprint density at radius 1 is 0.903 bits per heavy atom. The fourth-order valence-corrected chi connectivity index (χ4v) is 4.28. The van der Waals surface area contributed by atoms with Crippen molar-refractivity contribution in [2.24, 2.45) is 0 Å². The van der Waals surface area contributed by atoms with Crippen LogP contribution >= 0.6 is 11.8 Å². The van der Waals surface area contributed by atoms with E-state index in [1.54, 1.807) is 18.9 Å². The first-order valence-corrected chi connectivity index (χ1v) is 11.0. The van der Waals surface area contributed by atoms with Gasteiger partial charge in [0.25, 0.3) is 0 Å². The van der Waals surface area contributed by atoms with Gasteiger partial charge in [-0.15, -0.1) is 11.8 Å². The molecule has 4 heteroatoms. The molecule has 0 aliphatic heterocycles. The average Bonchev–Trinajstić information content (AvgIpc) is 2.83. The lowest BCUT2D eigenvalue weighted by Crippen LogP contribution is -1.96. The van der Waals surface area contributed by atoms with Crippen LogP contribution < -0.4 is 4.74 Å². The van der Waals surface area contributed by atoms with Crippen LogP contribution in [0.25, 0.3) is 22.4 Å². The molecule has 0 amide bonds. The van der Waals surface area contributed by atoms with E-state index >= 15 is 0 Å². The van der Waals surface area contributed by atoms with Gasteiger partial charge in [-0.05, 0) is 36.2 Å². The molecule has 0 saturated heterocycles. The van der Waals surface area contributed by atoms with Crippen molar-refractivity contribution in [3.8, 4) is 34.2 Å². The van der Waals surface area contributed by atoms with E-state index in [0.29, 0.717) is 5.56 Å². The summed E-state index contributed by atoms with van der Waals surface area (Å²) in [5.41, 5.74) is 6.77. The number of nitriles is 1. The minimum Gasteiger partial charge on any atom is -0.497 e. The van der Waals surface area contributed by atoms with Gasteiger partial charge in [0.1, 0.15) is 16.8 Å². The van der Waals surface area contributed by atoms with Crippen LogP contribution in [0.4, 0.5) is 0 Å². The van der Waals surface area contributed by atoms with Crippen molar-refractivity contribution < 1.29 is 4.74 Å². The van der Waals surface area contributed by atoms with Crippen LogP contribution in [-0.4, -0.2) is 12.1 Å². The molecule has 1 heterocycles. The molecule has 0 fully saturated rings. The fourth-order valence-electron chi connectivity index (χ4n) is 3.33. The Morgan fingerprint density at radius 2 is 1.61 bits per heavy atom. The molecule has 0 spiro atoms. The smallest absolute Gasteiger partial charge is 0.118 e. The van der Waals surface area contributed by atoms with Gasteiger partial charge in [0, 0.05) is 16.9 Å². The molecule has 3 aromatic carbocycles. The highest BCUT2D eigenvalue weighted by molar-refractivity contribution is 7.98. The predicted octanol–water partition coefficient (Wildman–Crippen LogP) is 6.90. The number of aryl methyl sites for hydroxylation is 1. The number of thioether (sulfide) groups is 1. The summed E-state index contributed by atoms with van der Waals surface area (Å²) in [7, 11) is 1.65. The second-order valence-electron chi connectivity index (χ2n) is 7.22. The van der Waals surface area contributed by atoms with Gasteiger partial charge in [-0.25, -0.2) is 4.98 Å². The second kappa shape index (κ2) is 9.51. The van der Waals surface area contributed by atoms with Crippen molar-refractivity contribution in [1.82, 2.24) is 4.98 Å². The summed E-state index contributed by atoms with van der Waals surface area (Å²) in [5.74, 6) is 1.54. The molecular weight excluding hydrogens is 400 g/mol. The molecule has 152 valence electrons. The number of pyridine rings is 1. The van der Waals surface area contributed by atoms with Gasteiger partial charge in [0.15, 0.2) is 0 Å². The van der Waals surface area contributed by atoms with Gasteiger partial charge in [-0.1, -0.05) is 72.3 Å². The zero-order valence-corrected chi connectivity index (χ0v) is 18.3. The maximum atomic E-state index is 10.0. The Hall–Kier alpha value is -3.55. The highest BCUT2D eigenvalue weighted by atomic mass is 32.2. The van der Waals surface area contributed by atoms with Gasteiger partial charge in [0.2, 0.25) is 0 Å². The minimum atomic E-state index is 0.599. The molecule has 0 aliphatic carbocycles. The molecule has 4 aromatic rings. The number of ether oxygens (including phenoxy) is 1. The van der Waals surface area contributed by atoms with Crippen molar-refractivity contribution in [1.29, 1.82) is 5.26 Å². The van der Waals surface area contributed by atoms with Crippen molar-refractivity contribution in [2.75, 3.05) is 7.11 Å². The third-order valence-corrected chi connectivity index (χ3v) is 6.11. The molecular formula is C27H22N2OS. The van der Waals surface area contributed by atoms with E-state index in [4.69, 9.17) is 9.72 Å². The van der Waals surface area contributed by atoms with E-state index in [1.807, 2.05) is 60.7 Å². The minimum absolute atomic E-state index is 0.599. The third kappa shape index (κ3) is 4.79. The van der Waals surface area contributed by atoms with E-state index in [0.717, 1.165) is 38.9 Å². The molecule has 0 unspecified atom stereocenters. The summed E-state index contributed by atoms with van der Waals surface area (Å²) in [6.07, 6.45) is 0. The maximum absolute atomic E-state index is 10.0. The summed E-state index contributed by atoms with van der Waals surface area (Å²) in [6, 6.07) is 30.8. The zero-order chi connectivity index (χ0) is 21.6. The molecule has 0 saturated carbocycles. The summed E-state index contributed by atoms with van der Waals surface area (Å²) in [4.78, 5) is 4.88. The van der Waals surface area contributed by atoms with Crippen molar-refractivity contribution in [3.63, 3.8) is 0 Å². The van der Waals surface area contributed by atoms with E-state index < -0.39 is 0 Å². The first kappa shape index (κ1) is 20.7. The molecule has 31 heavy (non-hydrogen) atoms. The van der Waals surface area contributed by atoms with Gasteiger partial charge in [0.05, 0.1) is 18.4 Å². The first-order chi connectivity index (χ1) is 15.2. The normalized spacial score (nSPS) is 10.5. The molecule has 0 aliphatic rings. The van der Waals surface area contributed by atoms with Crippen molar-refractivity contribution in [3.05, 3.63) is 102 Å². The van der Waals surface area contributed by atoms with E-state index in [2.05, 4.69) is 37.3 Å². The lowest BCUT2D eigenvalue weighted by atomic mass is 9.99. The largest absolute Gasteiger partial charge is 0.497 e. The second-order valence-corrected chi connectivity index (χ2v) is 8.18. The Kier molecular flexibility index (Phi) is 6.35. The van der Waals surface area contributed by atoms with Crippen LogP contribution in [0.2, 0.25) is 0 Å². The quantitative estimate of drug-likeness (QED) is 0.317. The fraction of sp³-hybridized carbons (Fsp3) is 0.111. The highest BCUT2D eigenvalue weighted by Gasteiger charge is 2.16. The molecule has 0 N–H and O–H groups in total. The molecule has 0 radical (unpaired) electrons. The van der Waals surface area contributed by atoms with Crippen LogP contribution in [0.5, 0.6) is 5.75 Å². The van der Waals surface area contributed by atoms with Gasteiger partial charge < -0.3 is 4.74 Å². The van der Waals surface area contributed by atoms with E-state index in [1.165, 1.54) is 11.1 Å². The number of hydrogen-bond acceptors (Lipinski definition) is 4. The van der Waals surface area contributed by atoms with Crippen LogP contribution in [0.15, 0.2) is 90.0 Å². The SMILES string of the molecule is COc1ccc(-c2cc(-c3ccccc3)nc(SCc3ccc(C)cc3)c2C#N)cc1. The third-order valence-electron chi connectivity index (χ3n) is 5.06. The lowest BCUT2D eigenvalue weighted by molar-refractivity contribution is 0.415. The van der Waals surface area contributed by atoms with Gasteiger partial charge >= 0.3 is 0 Å². The Balaban J connectivity index is 1.79. The van der Waals surface area contributed by atoms with E-state index in [-0.39, 0.29) is 0 Å². The standard InChI is InChI=1S/C27H22N2OS/c1-19-8-10-20(11-9-19)18-31-27-25(17-28)24(21-12-14-23(30-2)15-13-21)16-26(29-27)22-6-4-3-5-7-22/h3-16H,18H2,1-2H3. The average molecular weight is 423 g/mol. The number of hydrogen-bond donors (Lipinski definition) is 0. The highest BCUT2D eigenvalue weighted by Crippen LogP contribution is 2.35. The number of methoxy groups -OCH3 is 1. The van der Waals surface area contributed by atoms with Crippen LogP contribution in [0, 0.1) is 18.3 Å². The Labute approximate surface area is 187 Å². The van der Waals surface area contributed by atoms with Crippen LogP contribution in [0.1, 0.15) is 16.7 Å². The van der Waals surface area contributed by atoms with Gasteiger partial charge in [-0.2, -0.15) is 5.26 Å². The number of rotatable bonds is 6. The first-order valence-electron chi connectivity index (χ1n) is 10.0. The zero-order valence-electron chi connectivity index (χ0n) is 17.5. The monoisotopic (exact) mass is 422 g/mol. The summed E-state index contributed by atoms with van der Waals surface area (Å²) in [6.45, 7) is 2.08. The summed E-state index contributed by atoms with van der Waals surface area (Å²) >= 11 is 1.60. The van der Waals surface area contributed by atoms with Crippen molar-refractivity contribution in [2.45, 2.75) is 17.7 Å². The number of benzene rings is 3. The van der Waals surface area contributed by atoms with Crippen molar-refractivity contribution >= 4 is 11.8 Å². The molecule has 0 atom stereocenters. The Morgan fingerprint density at radius 3 is 2.26 bits per heavy atom. The predicted molar refractivity (Wildman–Crippen MR) is 127 cm³/mol. The summed E-state index contributed by atoms with van der Waals surface area (Å²) < 4.78 is 5.29. The molecule has 1 aromatic heterocycles.